The van der Waals surface area contributed by atoms with Crippen molar-refractivity contribution in [3.8, 4) is 5.75 Å². The molecule has 0 aliphatic carbocycles. The Bertz CT molecular complexity index is 777. The molecule has 2 aromatic rings. The normalized spacial score (nSPS) is 17.4. The van der Waals surface area contributed by atoms with Gasteiger partial charge in [-0.25, -0.2) is 4.39 Å². The molecule has 1 aliphatic rings. The fourth-order valence-corrected chi connectivity index (χ4v) is 2.88. The van der Waals surface area contributed by atoms with Crippen LogP contribution in [0.15, 0.2) is 30.3 Å². The Labute approximate surface area is 145 Å². The maximum absolute atomic E-state index is 13.9. The first-order valence-electron chi connectivity index (χ1n) is 7.96. The predicted molar refractivity (Wildman–Crippen MR) is 90.9 cm³/mol. The summed E-state index contributed by atoms with van der Waals surface area (Å²) in [5.74, 6) is -0.711. The molecule has 1 aromatic heterocycles. The molecular weight excluding hydrogens is 325 g/mol. The van der Waals surface area contributed by atoms with Crippen molar-refractivity contribution in [3.05, 3.63) is 53.1 Å². The SMILES string of the molecule is COc1ccc(C(=O)N2CCO[C@@H](c3cc(N)cc(C)n3)C2)cc1F. The monoisotopic (exact) mass is 345 g/mol. The zero-order valence-corrected chi connectivity index (χ0v) is 14.2. The van der Waals surface area contributed by atoms with Gasteiger partial charge in [0.25, 0.3) is 5.91 Å². The van der Waals surface area contributed by atoms with E-state index >= 15 is 0 Å². The molecule has 132 valence electrons. The van der Waals surface area contributed by atoms with Gasteiger partial charge in [-0.1, -0.05) is 0 Å². The van der Waals surface area contributed by atoms with E-state index in [2.05, 4.69) is 4.98 Å². The van der Waals surface area contributed by atoms with Crippen molar-refractivity contribution in [2.75, 3.05) is 32.5 Å². The van der Waals surface area contributed by atoms with Crippen molar-refractivity contribution >= 4 is 11.6 Å². The summed E-state index contributed by atoms with van der Waals surface area (Å²) in [6, 6.07) is 7.71. The van der Waals surface area contributed by atoms with Crippen LogP contribution < -0.4 is 10.5 Å². The van der Waals surface area contributed by atoms with Gasteiger partial charge in [0.05, 0.1) is 26.0 Å². The number of methoxy groups -OCH3 is 1. The maximum Gasteiger partial charge on any atom is 0.254 e. The number of carbonyl (C=O) groups excluding carboxylic acids is 1. The summed E-state index contributed by atoms with van der Waals surface area (Å²) >= 11 is 0. The molecule has 3 rings (SSSR count). The van der Waals surface area contributed by atoms with Gasteiger partial charge in [-0.05, 0) is 37.3 Å². The summed E-state index contributed by atoms with van der Waals surface area (Å²) in [6.45, 7) is 3.00. The summed E-state index contributed by atoms with van der Waals surface area (Å²) < 4.78 is 24.5. The highest BCUT2D eigenvalue weighted by Crippen LogP contribution is 2.25. The smallest absolute Gasteiger partial charge is 0.254 e. The van der Waals surface area contributed by atoms with Crippen LogP contribution in [0.1, 0.15) is 27.8 Å². The van der Waals surface area contributed by atoms with Crippen molar-refractivity contribution in [1.29, 1.82) is 0 Å². The van der Waals surface area contributed by atoms with Crippen molar-refractivity contribution in [2.45, 2.75) is 13.0 Å². The molecule has 1 amide bonds. The standard InChI is InChI=1S/C18H20FN3O3/c1-11-7-13(20)9-15(21-11)17-10-22(5-6-25-17)18(23)12-3-4-16(24-2)14(19)8-12/h3-4,7-9,17H,5-6,10H2,1-2H3,(H2,20,21)/t17-/m1/s1. The van der Waals surface area contributed by atoms with Crippen LogP contribution in [0.5, 0.6) is 5.75 Å². The summed E-state index contributed by atoms with van der Waals surface area (Å²) in [5, 5.41) is 0. The van der Waals surface area contributed by atoms with Crippen molar-refractivity contribution < 1.29 is 18.7 Å². The maximum atomic E-state index is 13.9. The van der Waals surface area contributed by atoms with Crippen molar-refractivity contribution in [2.24, 2.45) is 0 Å². The summed E-state index contributed by atoms with van der Waals surface area (Å²) in [7, 11) is 1.38. The summed E-state index contributed by atoms with van der Waals surface area (Å²) in [6.07, 6.45) is -0.358. The lowest BCUT2D eigenvalue weighted by molar-refractivity contribution is -0.0247. The Morgan fingerprint density at radius 2 is 2.20 bits per heavy atom. The number of halogens is 1. The van der Waals surface area contributed by atoms with Gasteiger partial charge in [-0.15, -0.1) is 0 Å². The lowest BCUT2D eigenvalue weighted by atomic mass is 10.1. The lowest BCUT2D eigenvalue weighted by Crippen LogP contribution is -2.42. The first-order chi connectivity index (χ1) is 12.0. The first-order valence-corrected chi connectivity index (χ1v) is 7.96. The Balaban J connectivity index is 1.78. The van der Waals surface area contributed by atoms with Crippen LogP contribution in [-0.2, 0) is 4.74 Å². The molecular formula is C18H20FN3O3. The molecule has 1 atom stereocenters. The number of anilines is 1. The van der Waals surface area contributed by atoms with E-state index in [4.69, 9.17) is 15.2 Å². The van der Waals surface area contributed by atoms with Gasteiger partial charge in [0.2, 0.25) is 0 Å². The molecule has 0 unspecified atom stereocenters. The quantitative estimate of drug-likeness (QED) is 0.924. The topological polar surface area (TPSA) is 77.7 Å². The van der Waals surface area contributed by atoms with Crippen molar-refractivity contribution in [3.63, 3.8) is 0 Å². The minimum absolute atomic E-state index is 0.107. The van der Waals surface area contributed by atoms with Gasteiger partial charge in [-0.2, -0.15) is 0 Å². The van der Waals surface area contributed by atoms with E-state index in [1.807, 2.05) is 6.92 Å². The average molecular weight is 345 g/mol. The number of benzene rings is 1. The Morgan fingerprint density at radius 1 is 1.40 bits per heavy atom. The third kappa shape index (κ3) is 3.71. The Hall–Kier alpha value is -2.67. The number of morpholine rings is 1. The minimum atomic E-state index is -0.564. The first kappa shape index (κ1) is 17.2. The molecule has 2 N–H and O–H groups in total. The molecule has 7 heteroatoms. The number of nitrogen functional groups attached to an aromatic ring is 1. The number of nitrogens with zero attached hydrogens (tertiary/aromatic N) is 2. The molecule has 0 saturated carbocycles. The number of pyridine rings is 1. The number of hydrogen-bond acceptors (Lipinski definition) is 5. The number of nitrogens with two attached hydrogens (primary N) is 1. The Kier molecular flexibility index (Phi) is 4.85. The van der Waals surface area contributed by atoms with E-state index in [1.54, 1.807) is 23.1 Å². The number of aryl methyl sites for hydroxylation is 1. The van der Waals surface area contributed by atoms with Crippen molar-refractivity contribution in [1.82, 2.24) is 9.88 Å². The molecule has 0 spiro atoms. The molecule has 25 heavy (non-hydrogen) atoms. The second-order valence-electron chi connectivity index (χ2n) is 5.93. The molecule has 1 aliphatic heterocycles. The van der Waals surface area contributed by atoms with Gasteiger partial charge >= 0.3 is 0 Å². The fraction of sp³-hybridized carbons (Fsp3) is 0.333. The largest absolute Gasteiger partial charge is 0.494 e. The molecule has 2 heterocycles. The number of aromatic nitrogens is 1. The van der Waals surface area contributed by atoms with E-state index in [0.717, 1.165) is 5.69 Å². The van der Waals surface area contributed by atoms with Crippen LogP contribution >= 0.6 is 0 Å². The summed E-state index contributed by atoms with van der Waals surface area (Å²) in [5.41, 5.74) is 8.22. The van der Waals surface area contributed by atoms with Crippen LogP contribution in [0.4, 0.5) is 10.1 Å². The number of carbonyl (C=O) groups is 1. The van der Waals surface area contributed by atoms with Crippen LogP contribution in [-0.4, -0.2) is 42.6 Å². The molecule has 6 nitrogen and oxygen atoms in total. The zero-order valence-electron chi connectivity index (χ0n) is 14.2. The lowest BCUT2D eigenvalue weighted by Gasteiger charge is -2.33. The van der Waals surface area contributed by atoms with E-state index in [1.165, 1.54) is 19.2 Å². The zero-order chi connectivity index (χ0) is 18.0. The van der Waals surface area contributed by atoms with E-state index < -0.39 is 5.82 Å². The third-order valence-electron chi connectivity index (χ3n) is 4.08. The molecule has 1 saturated heterocycles. The highest BCUT2D eigenvalue weighted by atomic mass is 19.1. The second-order valence-corrected chi connectivity index (χ2v) is 5.93. The molecule has 1 fully saturated rings. The number of rotatable bonds is 3. The van der Waals surface area contributed by atoms with E-state index in [-0.39, 0.29) is 23.3 Å². The Morgan fingerprint density at radius 3 is 2.88 bits per heavy atom. The molecule has 0 radical (unpaired) electrons. The second kappa shape index (κ2) is 7.06. The van der Waals surface area contributed by atoms with Crippen LogP contribution in [0, 0.1) is 12.7 Å². The average Bonchev–Trinajstić information content (AvgIpc) is 2.60. The number of ether oxygens (including phenoxy) is 2. The third-order valence-corrected chi connectivity index (χ3v) is 4.08. The van der Waals surface area contributed by atoms with Gasteiger partial charge in [-0.3, -0.25) is 9.78 Å². The minimum Gasteiger partial charge on any atom is -0.494 e. The highest BCUT2D eigenvalue weighted by Gasteiger charge is 2.27. The van der Waals surface area contributed by atoms with Crippen LogP contribution in [0.3, 0.4) is 0 Å². The summed E-state index contributed by atoms with van der Waals surface area (Å²) in [4.78, 5) is 18.8. The van der Waals surface area contributed by atoms with Crippen LogP contribution in [0.2, 0.25) is 0 Å². The number of amides is 1. The van der Waals surface area contributed by atoms with Gasteiger partial charge in [0, 0.05) is 23.5 Å². The van der Waals surface area contributed by atoms with E-state index in [9.17, 15) is 9.18 Å². The molecule has 0 bridgehead atoms. The highest BCUT2D eigenvalue weighted by molar-refractivity contribution is 5.94. The van der Waals surface area contributed by atoms with E-state index in [0.29, 0.717) is 31.1 Å². The van der Waals surface area contributed by atoms with Gasteiger partial charge in [0.1, 0.15) is 6.10 Å². The van der Waals surface area contributed by atoms with Crippen LogP contribution in [0.25, 0.3) is 0 Å². The van der Waals surface area contributed by atoms with Gasteiger partial charge < -0.3 is 20.1 Å². The molecule has 1 aromatic carbocycles. The number of hydrogen-bond donors (Lipinski definition) is 1. The predicted octanol–water partition coefficient (Wildman–Crippen LogP) is 2.33. The fourth-order valence-electron chi connectivity index (χ4n) is 2.88. The van der Waals surface area contributed by atoms with Gasteiger partial charge in [0.15, 0.2) is 11.6 Å².